The van der Waals surface area contributed by atoms with Crippen LogP contribution in [-0.4, -0.2) is 105 Å². The van der Waals surface area contributed by atoms with Crippen LogP contribution in [0.4, 0.5) is 0 Å². The van der Waals surface area contributed by atoms with Gasteiger partial charge in [-0.15, -0.1) is 0 Å². The Morgan fingerprint density at radius 3 is 2.46 bits per heavy atom. The smallest absolute Gasteiger partial charge is 0.227 e. The minimum Gasteiger partial charge on any atom is -0.492 e. The normalized spacial score (nSPS) is 19.0. The number of amides is 1. The number of para-hydroxylation sites is 2. The molecule has 1 saturated heterocycles. The number of hydrogen-bond donors (Lipinski definition) is 0. The standard InChI is InChI=1S/C28H40N4O3/c1-3-32-17-16-31(19-21-34-26-10-6-4-8-24(26)22-28(32)33)23-25-9-5-7-11-27(25)35-20-18-30-14-12-29(2)13-15-30/h4-11H,3,12-23H2,1-2H3. The summed E-state index contributed by atoms with van der Waals surface area (Å²) in [6, 6.07) is 16.2. The number of carbonyl (C=O) groups excluding carboxylic acids is 1. The fraction of sp³-hybridized carbons (Fsp3) is 0.536. The number of fused-ring (bicyclic) bond motifs is 1. The number of hydrogen-bond acceptors (Lipinski definition) is 6. The van der Waals surface area contributed by atoms with Crippen molar-refractivity contribution in [2.24, 2.45) is 0 Å². The lowest BCUT2D eigenvalue weighted by Crippen LogP contribution is -2.45. The van der Waals surface area contributed by atoms with Crippen LogP contribution in [0.2, 0.25) is 0 Å². The summed E-state index contributed by atoms with van der Waals surface area (Å²) in [6.45, 7) is 12.5. The van der Waals surface area contributed by atoms with Gasteiger partial charge in [0.1, 0.15) is 24.7 Å². The second-order valence-corrected chi connectivity index (χ2v) is 9.48. The van der Waals surface area contributed by atoms with Crippen LogP contribution in [-0.2, 0) is 17.8 Å². The molecule has 0 N–H and O–H groups in total. The number of likely N-dealkylation sites (N-methyl/N-ethyl adjacent to an activating group) is 2. The van der Waals surface area contributed by atoms with Crippen molar-refractivity contribution in [2.45, 2.75) is 19.9 Å². The SMILES string of the molecule is CCN1CCN(Cc2ccccc2OCCN2CCN(C)CC2)CCOc2ccccc2CC1=O. The average Bonchev–Trinajstić information content (AvgIpc) is 2.89. The van der Waals surface area contributed by atoms with Gasteiger partial charge < -0.3 is 19.3 Å². The highest BCUT2D eigenvalue weighted by Crippen LogP contribution is 2.22. The van der Waals surface area contributed by atoms with Crippen molar-refractivity contribution >= 4 is 5.91 Å². The van der Waals surface area contributed by atoms with Gasteiger partial charge in [-0.1, -0.05) is 36.4 Å². The van der Waals surface area contributed by atoms with Crippen molar-refractivity contribution in [3.8, 4) is 11.5 Å². The number of benzene rings is 2. The Labute approximate surface area is 210 Å². The highest BCUT2D eigenvalue weighted by molar-refractivity contribution is 5.79. The number of piperazine rings is 1. The minimum atomic E-state index is 0.151. The third-order valence-electron chi connectivity index (χ3n) is 7.03. The van der Waals surface area contributed by atoms with Gasteiger partial charge in [0.05, 0.1) is 6.42 Å². The Hall–Kier alpha value is -2.61. The first-order valence-electron chi connectivity index (χ1n) is 12.9. The molecule has 2 aliphatic rings. The summed E-state index contributed by atoms with van der Waals surface area (Å²) in [5.74, 6) is 1.91. The van der Waals surface area contributed by atoms with Crippen molar-refractivity contribution in [1.29, 1.82) is 0 Å². The van der Waals surface area contributed by atoms with Crippen molar-refractivity contribution in [2.75, 3.05) is 79.2 Å². The molecule has 2 aliphatic heterocycles. The molecule has 0 radical (unpaired) electrons. The van der Waals surface area contributed by atoms with Gasteiger partial charge in [0.15, 0.2) is 0 Å². The highest BCUT2D eigenvalue weighted by atomic mass is 16.5. The van der Waals surface area contributed by atoms with Gasteiger partial charge in [0, 0.05) is 76.6 Å². The van der Waals surface area contributed by atoms with E-state index < -0.39 is 0 Å². The number of carbonyl (C=O) groups is 1. The third-order valence-corrected chi connectivity index (χ3v) is 7.03. The first kappa shape index (κ1) is 25.5. The number of nitrogens with zero attached hydrogens (tertiary/aromatic N) is 4. The average molecular weight is 481 g/mol. The number of rotatable bonds is 7. The third kappa shape index (κ3) is 7.43. The molecule has 1 fully saturated rings. The molecule has 4 rings (SSSR count). The van der Waals surface area contributed by atoms with E-state index in [2.05, 4.69) is 39.9 Å². The zero-order valence-corrected chi connectivity index (χ0v) is 21.3. The highest BCUT2D eigenvalue weighted by Gasteiger charge is 2.19. The van der Waals surface area contributed by atoms with Gasteiger partial charge >= 0.3 is 0 Å². The molecule has 2 aromatic rings. The molecule has 0 aromatic heterocycles. The van der Waals surface area contributed by atoms with Crippen molar-refractivity contribution in [3.05, 3.63) is 59.7 Å². The number of ether oxygens (including phenoxy) is 2. The quantitative estimate of drug-likeness (QED) is 0.607. The van der Waals surface area contributed by atoms with Gasteiger partial charge in [-0.25, -0.2) is 0 Å². The van der Waals surface area contributed by atoms with Gasteiger partial charge in [-0.3, -0.25) is 14.6 Å². The lowest BCUT2D eigenvalue weighted by Gasteiger charge is -2.32. The summed E-state index contributed by atoms with van der Waals surface area (Å²) < 4.78 is 12.4. The predicted octanol–water partition coefficient (Wildman–Crippen LogP) is 2.60. The van der Waals surface area contributed by atoms with E-state index in [1.54, 1.807) is 0 Å². The van der Waals surface area contributed by atoms with Crippen LogP contribution in [0.5, 0.6) is 11.5 Å². The summed E-state index contributed by atoms with van der Waals surface area (Å²) in [6.07, 6.45) is 0.383. The molecule has 0 spiro atoms. The zero-order valence-electron chi connectivity index (χ0n) is 21.3. The molecule has 0 unspecified atom stereocenters. The first-order chi connectivity index (χ1) is 17.1. The van der Waals surface area contributed by atoms with E-state index in [0.29, 0.717) is 32.7 Å². The predicted molar refractivity (Wildman–Crippen MR) is 139 cm³/mol. The van der Waals surface area contributed by atoms with Crippen molar-refractivity contribution < 1.29 is 14.3 Å². The van der Waals surface area contributed by atoms with Gasteiger partial charge in [-0.2, -0.15) is 0 Å². The van der Waals surface area contributed by atoms with E-state index in [1.807, 2.05) is 42.2 Å². The second-order valence-electron chi connectivity index (χ2n) is 9.48. The van der Waals surface area contributed by atoms with Gasteiger partial charge in [0.2, 0.25) is 5.91 Å². The zero-order chi connectivity index (χ0) is 24.5. The summed E-state index contributed by atoms with van der Waals surface area (Å²) >= 11 is 0. The van der Waals surface area contributed by atoms with Crippen LogP contribution in [0.3, 0.4) is 0 Å². The monoisotopic (exact) mass is 480 g/mol. The Balaban J connectivity index is 1.39. The van der Waals surface area contributed by atoms with E-state index >= 15 is 0 Å². The van der Waals surface area contributed by atoms with Crippen LogP contribution < -0.4 is 9.47 Å². The maximum atomic E-state index is 12.9. The molecule has 35 heavy (non-hydrogen) atoms. The van der Waals surface area contributed by atoms with E-state index in [0.717, 1.165) is 69.4 Å². The largest absolute Gasteiger partial charge is 0.492 e. The molecule has 0 atom stereocenters. The second kappa shape index (κ2) is 12.9. The summed E-state index contributed by atoms with van der Waals surface area (Å²) in [5.41, 5.74) is 2.14. The summed E-state index contributed by atoms with van der Waals surface area (Å²) in [4.78, 5) is 22.1. The molecule has 2 heterocycles. The Bertz CT molecular complexity index is 945. The van der Waals surface area contributed by atoms with Crippen molar-refractivity contribution in [3.63, 3.8) is 0 Å². The lowest BCUT2D eigenvalue weighted by atomic mass is 10.1. The van der Waals surface area contributed by atoms with Gasteiger partial charge in [-0.05, 0) is 26.1 Å². The van der Waals surface area contributed by atoms with Crippen molar-refractivity contribution in [1.82, 2.24) is 19.6 Å². The molecule has 7 nitrogen and oxygen atoms in total. The van der Waals surface area contributed by atoms with E-state index in [-0.39, 0.29) is 5.91 Å². The Morgan fingerprint density at radius 1 is 0.886 bits per heavy atom. The molecular weight excluding hydrogens is 440 g/mol. The first-order valence-corrected chi connectivity index (χ1v) is 12.9. The topological polar surface area (TPSA) is 48.5 Å². The fourth-order valence-corrected chi connectivity index (χ4v) is 4.71. The molecule has 0 saturated carbocycles. The molecule has 0 aliphatic carbocycles. The molecule has 1 amide bonds. The minimum absolute atomic E-state index is 0.151. The van der Waals surface area contributed by atoms with Crippen LogP contribution in [0, 0.1) is 0 Å². The maximum absolute atomic E-state index is 12.9. The Morgan fingerprint density at radius 2 is 1.63 bits per heavy atom. The van der Waals surface area contributed by atoms with Crippen LogP contribution in [0.25, 0.3) is 0 Å². The molecule has 0 bridgehead atoms. The van der Waals surface area contributed by atoms with Gasteiger partial charge in [0.25, 0.3) is 0 Å². The molecule has 190 valence electrons. The van der Waals surface area contributed by atoms with E-state index in [9.17, 15) is 4.79 Å². The maximum Gasteiger partial charge on any atom is 0.227 e. The Kier molecular flexibility index (Phi) is 9.40. The molecule has 2 aromatic carbocycles. The molecular formula is C28H40N4O3. The van der Waals surface area contributed by atoms with Crippen LogP contribution in [0.1, 0.15) is 18.1 Å². The summed E-state index contributed by atoms with van der Waals surface area (Å²) in [7, 11) is 2.18. The summed E-state index contributed by atoms with van der Waals surface area (Å²) in [5, 5.41) is 0. The van der Waals surface area contributed by atoms with E-state index in [4.69, 9.17) is 9.47 Å². The van der Waals surface area contributed by atoms with Crippen LogP contribution in [0.15, 0.2) is 48.5 Å². The lowest BCUT2D eigenvalue weighted by molar-refractivity contribution is -0.130. The molecule has 7 heteroatoms. The van der Waals surface area contributed by atoms with Crippen LogP contribution >= 0.6 is 0 Å². The fourth-order valence-electron chi connectivity index (χ4n) is 4.71. The van der Waals surface area contributed by atoms with E-state index in [1.165, 1.54) is 5.56 Å².